The molecule has 2 fully saturated rings. The van der Waals surface area contributed by atoms with Crippen molar-refractivity contribution in [2.75, 3.05) is 38.1 Å². The number of hydrogen-bond acceptors (Lipinski definition) is 5. The maximum atomic E-state index is 5.09. The summed E-state index contributed by atoms with van der Waals surface area (Å²) in [6, 6.07) is 12.0. The Morgan fingerprint density at radius 3 is 3.03 bits per heavy atom. The van der Waals surface area contributed by atoms with Crippen LogP contribution >= 0.6 is 0 Å². The number of rotatable bonds is 4. The molecule has 0 unspecified atom stereocenters. The Morgan fingerprint density at radius 2 is 2.06 bits per heavy atom. The van der Waals surface area contributed by atoms with Crippen molar-refractivity contribution in [2.24, 2.45) is 0 Å². The molecular weight excluding hydrogens is 384 g/mol. The third-order valence-electron chi connectivity index (χ3n) is 7.57. The summed E-state index contributed by atoms with van der Waals surface area (Å²) in [6.45, 7) is 5.50. The van der Waals surface area contributed by atoms with Crippen LogP contribution in [-0.4, -0.2) is 64.0 Å². The van der Waals surface area contributed by atoms with Gasteiger partial charge in [0.2, 0.25) is 0 Å². The second-order valence-corrected chi connectivity index (χ2v) is 9.51. The summed E-state index contributed by atoms with van der Waals surface area (Å²) < 4.78 is 0. The van der Waals surface area contributed by atoms with E-state index in [0.29, 0.717) is 12.1 Å². The van der Waals surface area contributed by atoms with Gasteiger partial charge >= 0.3 is 0 Å². The van der Waals surface area contributed by atoms with E-state index in [2.05, 4.69) is 57.1 Å². The van der Waals surface area contributed by atoms with Crippen LogP contribution in [0.4, 0.5) is 5.69 Å². The van der Waals surface area contributed by atoms with Gasteiger partial charge in [-0.25, -0.2) is 4.98 Å². The Labute approximate surface area is 184 Å². The molecule has 6 nitrogen and oxygen atoms in total. The number of aryl methyl sites for hydroxylation is 1. The largest absolute Gasteiger partial charge is 0.367 e. The van der Waals surface area contributed by atoms with E-state index in [9.17, 15) is 0 Å². The number of H-pyrrole nitrogens is 1. The van der Waals surface area contributed by atoms with Crippen LogP contribution in [0.2, 0.25) is 0 Å². The molecule has 6 rings (SSSR count). The number of pyridine rings is 1. The number of imidazole rings is 1. The lowest BCUT2D eigenvalue weighted by molar-refractivity contribution is 0.204. The molecule has 2 saturated heterocycles. The molecule has 3 aliphatic rings. The predicted molar refractivity (Wildman–Crippen MR) is 124 cm³/mol. The van der Waals surface area contributed by atoms with E-state index in [4.69, 9.17) is 9.97 Å². The van der Waals surface area contributed by atoms with Gasteiger partial charge in [-0.1, -0.05) is 12.1 Å². The molecule has 162 valence electrons. The van der Waals surface area contributed by atoms with Gasteiger partial charge in [0.1, 0.15) is 11.3 Å². The number of piperazine rings is 1. The number of para-hydroxylation sites is 1. The molecule has 0 radical (unpaired) electrons. The Hall–Kier alpha value is -2.44. The summed E-state index contributed by atoms with van der Waals surface area (Å²) in [4.78, 5) is 21.1. The highest BCUT2D eigenvalue weighted by molar-refractivity contribution is 5.89. The zero-order chi connectivity index (χ0) is 20.8. The number of fused-ring (bicyclic) bond motifs is 3. The van der Waals surface area contributed by atoms with Crippen LogP contribution in [-0.2, 0) is 13.0 Å². The highest BCUT2D eigenvalue weighted by atomic mass is 15.3. The van der Waals surface area contributed by atoms with E-state index in [1.807, 2.05) is 6.20 Å². The van der Waals surface area contributed by atoms with Gasteiger partial charge in [-0.2, -0.15) is 0 Å². The van der Waals surface area contributed by atoms with Gasteiger partial charge in [0.25, 0.3) is 0 Å². The second kappa shape index (κ2) is 7.92. The maximum absolute atomic E-state index is 5.09. The van der Waals surface area contributed by atoms with E-state index in [0.717, 1.165) is 49.3 Å². The Morgan fingerprint density at radius 1 is 1.10 bits per heavy atom. The Kier molecular flexibility index (Phi) is 4.92. The van der Waals surface area contributed by atoms with Crippen LogP contribution in [0.25, 0.3) is 11.0 Å². The minimum atomic E-state index is 0.369. The summed E-state index contributed by atoms with van der Waals surface area (Å²) in [5.41, 5.74) is 6.22. The predicted octanol–water partition coefficient (Wildman–Crippen LogP) is 3.75. The van der Waals surface area contributed by atoms with E-state index in [1.54, 1.807) is 0 Å². The first-order valence-electron chi connectivity index (χ1n) is 11.9. The minimum Gasteiger partial charge on any atom is -0.367 e. The maximum Gasteiger partial charge on any atom is 0.121 e. The van der Waals surface area contributed by atoms with Gasteiger partial charge in [0.15, 0.2) is 0 Å². The number of anilines is 1. The molecule has 0 spiro atoms. The molecule has 1 N–H and O–H groups in total. The standard InChI is InChI=1S/C25H32N6/c1-29(21-10-2-6-18-7-4-12-26-24(18)21)17-23-27-20-9-3-11-22(25(20)28-23)31-15-14-30-13-5-8-19(30)16-31/h3-4,7,9,11-12,19,21H,2,5-6,8,10,13-17H2,1H3,(H,27,28)/t19-,21+/m1/s1. The molecule has 2 aliphatic heterocycles. The summed E-state index contributed by atoms with van der Waals surface area (Å²) in [6.07, 6.45) is 8.15. The first-order chi connectivity index (χ1) is 15.3. The smallest absolute Gasteiger partial charge is 0.121 e. The molecule has 31 heavy (non-hydrogen) atoms. The molecule has 1 aliphatic carbocycles. The lowest BCUT2D eigenvalue weighted by Crippen LogP contribution is -2.50. The summed E-state index contributed by atoms with van der Waals surface area (Å²) in [5.74, 6) is 1.05. The number of aromatic amines is 1. The molecule has 6 heteroatoms. The van der Waals surface area contributed by atoms with Gasteiger partial charge in [0, 0.05) is 31.9 Å². The number of benzene rings is 1. The monoisotopic (exact) mass is 416 g/mol. The zero-order valence-electron chi connectivity index (χ0n) is 18.4. The lowest BCUT2D eigenvalue weighted by Gasteiger charge is -2.38. The van der Waals surface area contributed by atoms with Crippen molar-refractivity contribution in [1.82, 2.24) is 24.8 Å². The molecule has 2 aromatic heterocycles. The first-order valence-corrected chi connectivity index (χ1v) is 11.9. The van der Waals surface area contributed by atoms with Gasteiger partial charge in [-0.3, -0.25) is 14.8 Å². The molecule has 0 saturated carbocycles. The number of nitrogens with zero attached hydrogens (tertiary/aromatic N) is 5. The van der Waals surface area contributed by atoms with E-state index < -0.39 is 0 Å². The van der Waals surface area contributed by atoms with E-state index >= 15 is 0 Å². The Bertz CT molecular complexity index is 1070. The molecule has 0 bridgehead atoms. The molecular formula is C25H32N6. The van der Waals surface area contributed by atoms with Crippen LogP contribution < -0.4 is 4.90 Å². The van der Waals surface area contributed by atoms with Crippen molar-refractivity contribution in [3.63, 3.8) is 0 Å². The van der Waals surface area contributed by atoms with Crippen LogP contribution in [0.3, 0.4) is 0 Å². The van der Waals surface area contributed by atoms with Crippen molar-refractivity contribution in [3.05, 3.63) is 53.6 Å². The molecule has 2 atom stereocenters. The highest BCUT2D eigenvalue weighted by Gasteiger charge is 2.31. The van der Waals surface area contributed by atoms with Crippen molar-refractivity contribution in [3.8, 4) is 0 Å². The van der Waals surface area contributed by atoms with Crippen LogP contribution in [0.1, 0.15) is 48.8 Å². The van der Waals surface area contributed by atoms with Crippen LogP contribution in [0.15, 0.2) is 36.5 Å². The number of aromatic nitrogens is 3. The van der Waals surface area contributed by atoms with Crippen LogP contribution in [0.5, 0.6) is 0 Å². The summed E-state index contributed by atoms with van der Waals surface area (Å²) in [5, 5.41) is 0. The molecule has 1 aromatic carbocycles. The fourth-order valence-corrected chi connectivity index (χ4v) is 5.97. The summed E-state index contributed by atoms with van der Waals surface area (Å²) in [7, 11) is 2.21. The quantitative estimate of drug-likeness (QED) is 0.702. The van der Waals surface area contributed by atoms with E-state index in [-0.39, 0.29) is 0 Å². The lowest BCUT2D eigenvalue weighted by atomic mass is 9.91. The normalized spacial score (nSPS) is 24.0. The molecule has 0 amide bonds. The van der Waals surface area contributed by atoms with Crippen molar-refractivity contribution >= 4 is 16.7 Å². The number of nitrogens with one attached hydrogen (secondary N) is 1. The number of hydrogen-bond donors (Lipinski definition) is 1. The third-order valence-corrected chi connectivity index (χ3v) is 7.57. The third kappa shape index (κ3) is 3.52. The van der Waals surface area contributed by atoms with E-state index in [1.165, 1.54) is 49.3 Å². The fraction of sp³-hybridized carbons (Fsp3) is 0.520. The zero-order valence-corrected chi connectivity index (χ0v) is 18.4. The SMILES string of the molecule is CN(Cc1nc2c(N3CCN4CCC[C@@H]4C3)cccc2[nH]1)[C@H]1CCCc2cccnc21. The first kappa shape index (κ1) is 19.3. The van der Waals surface area contributed by atoms with Gasteiger partial charge in [0.05, 0.1) is 29.5 Å². The summed E-state index contributed by atoms with van der Waals surface area (Å²) >= 11 is 0. The van der Waals surface area contributed by atoms with Crippen molar-refractivity contribution in [2.45, 2.75) is 50.7 Å². The Balaban J connectivity index is 1.24. The fourth-order valence-electron chi connectivity index (χ4n) is 5.97. The molecule has 4 heterocycles. The topological polar surface area (TPSA) is 51.3 Å². The van der Waals surface area contributed by atoms with Gasteiger partial charge in [-0.15, -0.1) is 0 Å². The van der Waals surface area contributed by atoms with Crippen molar-refractivity contribution < 1.29 is 0 Å². The highest BCUT2D eigenvalue weighted by Crippen LogP contribution is 2.34. The van der Waals surface area contributed by atoms with Crippen molar-refractivity contribution in [1.29, 1.82) is 0 Å². The second-order valence-electron chi connectivity index (χ2n) is 9.51. The minimum absolute atomic E-state index is 0.369. The average Bonchev–Trinajstić information content (AvgIpc) is 3.44. The van der Waals surface area contributed by atoms with Gasteiger partial charge < -0.3 is 9.88 Å². The van der Waals surface area contributed by atoms with Gasteiger partial charge in [-0.05, 0) is 69.5 Å². The van der Waals surface area contributed by atoms with Crippen LogP contribution in [0, 0.1) is 0 Å². The molecule has 3 aromatic rings. The average molecular weight is 417 g/mol.